The Hall–Kier alpha value is -3.41. The van der Waals surface area contributed by atoms with Gasteiger partial charge >= 0.3 is 5.97 Å². The van der Waals surface area contributed by atoms with Crippen molar-refractivity contribution in [3.8, 4) is 0 Å². The van der Waals surface area contributed by atoms with Crippen LogP contribution in [0.3, 0.4) is 0 Å². The van der Waals surface area contributed by atoms with E-state index in [1.54, 1.807) is 41.1 Å². The standard InChI is InChI=1S/C53H83NO14/c1-32-16-12-11-13-17-33(2)44(63-8)30-40-21-19-38(7)53(62,68-40)50(59)51(60)54-23-15-14-18-41(54)52(61)67-45(35(4)28-39-20-22-43(66-25-24-55)46(29-39)64-9)31-42(56)34(3)27-37(6)48(58)49(65-10)47(57)36(5)26-32/h11-13,16-17,27,32,34-36,38-41,43-46,48-49,55,58,62H,14-15,18-26,28-31H2,1-10H3/b13-11?,16-12+,33-17?,37-27+/t32-,34-,35+,36-,38-,39+,40+,41+,43-,44+,45+,46-,48-,49+,53-/m1/s1. The van der Waals surface area contributed by atoms with E-state index in [2.05, 4.69) is 0 Å². The van der Waals surface area contributed by atoms with Crippen molar-refractivity contribution in [2.75, 3.05) is 41.1 Å². The van der Waals surface area contributed by atoms with Gasteiger partial charge in [0, 0.05) is 58.5 Å². The van der Waals surface area contributed by atoms with Crippen molar-refractivity contribution in [1.29, 1.82) is 0 Å². The van der Waals surface area contributed by atoms with Crippen LogP contribution in [0, 0.1) is 35.5 Å². The summed E-state index contributed by atoms with van der Waals surface area (Å²) in [6.07, 6.45) is 12.0. The third kappa shape index (κ3) is 15.3. The maximum Gasteiger partial charge on any atom is 0.329 e. The molecular weight excluding hydrogens is 875 g/mol. The van der Waals surface area contributed by atoms with Crippen LogP contribution in [0.15, 0.2) is 47.6 Å². The summed E-state index contributed by atoms with van der Waals surface area (Å²) in [4.78, 5) is 72.1. The van der Waals surface area contributed by atoms with Crippen molar-refractivity contribution in [3.05, 3.63) is 47.6 Å². The highest BCUT2D eigenvalue weighted by Crippen LogP contribution is 2.38. The number of amides is 1. The zero-order valence-corrected chi connectivity index (χ0v) is 42.4. The summed E-state index contributed by atoms with van der Waals surface area (Å²) in [6.45, 7) is 12.9. The maximum absolute atomic E-state index is 14.5. The lowest BCUT2D eigenvalue weighted by atomic mass is 9.78. The van der Waals surface area contributed by atoms with Gasteiger partial charge in [-0.15, -0.1) is 0 Å². The first-order valence-corrected chi connectivity index (χ1v) is 25.0. The van der Waals surface area contributed by atoms with Crippen molar-refractivity contribution in [1.82, 2.24) is 4.90 Å². The second-order valence-electron chi connectivity index (χ2n) is 20.2. The highest BCUT2D eigenvalue weighted by Gasteiger charge is 2.53. The molecule has 0 radical (unpaired) electrons. The summed E-state index contributed by atoms with van der Waals surface area (Å²) in [5.74, 6) is -7.96. The van der Waals surface area contributed by atoms with Gasteiger partial charge in [-0.3, -0.25) is 19.2 Å². The highest BCUT2D eigenvalue weighted by atomic mass is 16.6. The Balaban J connectivity index is 1.70. The molecule has 1 aliphatic carbocycles. The minimum Gasteiger partial charge on any atom is -0.460 e. The van der Waals surface area contributed by atoms with E-state index in [-0.39, 0.29) is 74.1 Å². The Morgan fingerprint density at radius 1 is 0.853 bits per heavy atom. The van der Waals surface area contributed by atoms with Crippen LogP contribution < -0.4 is 0 Å². The number of rotatable bonds is 9. The van der Waals surface area contributed by atoms with Crippen molar-refractivity contribution in [3.63, 3.8) is 0 Å². The average Bonchev–Trinajstić information content (AvgIpc) is 3.32. The van der Waals surface area contributed by atoms with Crippen LogP contribution in [0.25, 0.3) is 0 Å². The Morgan fingerprint density at radius 3 is 2.26 bits per heavy atom. The first-order chi connectivity index (χ1) is 32.3. The molecule has 3 fully saturated rings. The van der Waals surface area contributed by atoms with Gasteiger partial charge in [-0.1, -0.05) is 71.1 Å². The predicted molar refractivity (Wildman–Crippen MR) is 256 cm³/mol. The van der Waals surface area contributed by atoms with Gasteiger partial charge in [-0.2, -0.15) is 0 Å². The molecule has 15 nitrogen and oxygen atoms in total. The maximum atomic E-state index is 14.5. The van der Waals surface area contributed by atoms with Gasteiger partial charge in [0.2, 0.25) is 5.79 Å². The molecule has 0 aromatic rings. The fourth-order valence-electron chi connectivity index (χ4n) is 10.5. The molecule has 0 aromatic carbocycles. The quantitative estimate of drug-likeness (QED) is 0.134. The largest absolute Gasteiger partial charge is 0.460 e. The number of ether oxygens (including phenoxy) is 6. The zero-order chi connectivity index (χ0) is 50.3. The molecule has 3 heterocycles. The number of nitrogens with zero attached hydrogens (tertiary/aromatic N) is 1. The first-order valence-electron chi connectivity index (χ1n) is 25.0. The van der Waals surface area contributed by atoms with Gasteiger partial charge in [0.05, 0.1) is 37.6 Å². The zero-order valence-electron chi connectivity index (χ0n) is 42.4. The monoisotopic (exact) mass is 958 g/mol. The molecule has 1 saturated carbocycles. The molecule has 2 saturated heterocycles. The molecule has 3 aliphatic heterocycles. The number of Topliss-reactive ketones (excluding diaryl/α,β-unsaturated/α-hetero) is 3. The Labute approximate surface area is 405 Å². The van der Waals surface area contributed by atoms with Gasteiger partial charge < -0.3 is 48.6 Å². The van der Waals surface area contributed by atoms with Crippen LogP contribution in [-0.2, 0) is 52.4 Å². The summed E-state index contributed by atoms with van der Waals surface area (Å²) in [6, 6.07) is -1.14. The number of aliphatic hydroxyl groups is 3. The molecule has 15 heteroatoms. The molecule has 4 rings (SSSR count). The fraction of sp³-hybridized carbons (Fsp3) is 0.755. The predicted octanol–water partition coefficient (Wildman–Crippen LogP) is 6.20. The number of ketones is 3. The summed E-state index contributed by atoms with van der Waals surface area (Å²) >= 11 is 0. The highest BCUT2D eigenvalue weighted by molar-refractivity contribution is 6.39. The topological polar surface area (TPSA) is 205 Å². The second-order valence-corrected chi connectivity index (χ2v) is 20.2. The van der Waals surface area contributed by atoms with Crippen LogP contribution in [0.5, 0.6) is 0 Å². The minimum atomic E-state index is -2.43. The molecule has 2 bridgehead atoms. The number of methoxy groups -OCH3 is 3. The Bertz CT molecular complexity index is 1810. The van der Waals surface area contributed by atoms with E-state index in [4.69, 9.17) is 28.4 Å². The van der Waals surface area contributed by atoms with Gasteiger partial charge in [0.15, 0.2) is 5.78 Å². The lowest BCUT2D eigenvalue weighted by molar-refractivity contribution is -0.265. The molecule has 4 aliphatic rings. The van der Waals surface area contributed by atoms with Gasteiger partial charge in [-0.05, 0) is 107 Å². The first kappa shape index (κ1) is 57.2. The summed E-state index contributed by atoms with van der Waals surface area (Å²) in [7, 11) is 4.58. The molecule has 68 heavy (non-hydrogen) atoms. The molecule has 1 amide bonds. The lowest BCUT2D eigenvalue weighted by Gasteiger charge is -2.42. The van der Waals surface area contributed by atoms with E-state index >= 15 is 0 Å². The van der Waals surface area contributed by atoms with Crippen molar-refractivity contribution in [2.24, 2.45) is 35.5 Å². The molecule has 3 N–H and O–H groups in total. The van der Waals surface area contributed by atoms with Crippen molar-refractivity contribution in [2.45, 2.75) is 180 Å². The Kier molecular flexibility index (Phi) is 22.9. The Morgan fingerprint density at radius 2 is 1.59 bits per heavy atom. The number of hydrogen-bond acceptors (Lipinski definition) is 14. The smallest absolute Gasteiger partial charge is 0.329 e. The van der Waals surface area contributed by atoms with Gasteiger partial charge in [0.25, 0.3) is 11.7 Å². The van der Waals surface area contributed by atoms with Crippen molar-refractivity contribution >= 4 is 29.2 Å². The third-order valence-corrected chi connectivity index (χ3v) is 14.9. The minimum absolute atomic E-state index is 0.0158. The summed E-state index contributed by atoms with van der Waals surface area (Å²) in [5, 5.41) is 32.8. The SMILES string of the molecule is CO[C@H]1C[C@@H]2CC[C@@H](C)[C@@](O)(O2)C(=O)C(=O)N2CCCC[C@H]2C(=O)O[C@H]([C@@H](C)C[C@@H]2CC[C@@H](OCCO)[C@H](OC)C2)CC(=O)[C@H](C)/C=C(\C)[C@@H](O)[C@@H](OC)C(=O)[C@H](C)C[C@H](C)/C=C/C=CC=C1C. The third-order valence-electron chi connectivity index (χ3n) is 14.9. The second kappa shape index (κ2) is 27.3. The van der Waals surface area contributed by atoms with Crippen LogP contribution in [-0.4, -0.2) is 145 Å². The number of allylic oxidation sites excluding steroid dienone is 6. The number of aliphatic hydroxyl groups excluding tert-OH is 2. The number of esters is 1. The molecule has 0 unspecified atom stereocenters. The van der Waals surface area contributed by atoms with Crippen molar-refractivity contribution < 1.29 is 67.7 Å². The van der Waals surface area contributed by atoms with E-state index in [0.29, 0.717) is 63.4 Å². The number of piperidine rings is 1. The van der Waals surface area contributed by atoms with Gasteiger partial charge in [-0.25, -0.2) is 4.79 Å². The van der Waals surface area contributed by atoms with E-state index in [1.165, 1.54) is 12.0 Å². The van der Waals surface area contributed by atoms with Crippen LogP contribution >= 0.6 is 0 Å². The molecule has 15 atom stereocenters. The van der Waals surface area contributed by atoms with E-state index in [0.717, 1.165) is 12.0 Å². The number of carbonyl (C=O) groups excluding carboxylic acids is 5. The lowest BCUT2D eigenvalue weighted by Crippen LogP contribution is -2.61. The number of hydrogen-bond donors (Lipinski definition) is 3. The summed E-state index contributed by atoms with van der Waals surface area (Å²) in [5.41, 5.74) is 1.26. The average molecular weight is 958 g/mol. The molecule has 0 spiro atoms. The molecule has 0 aromatic heterocycles. The van der Waals surface area contributed by atoms with E-state index in [1.807, 2.05) is 58.1 Å². The van der Waals surface area contributed by atoms with E-state index in [9.17, 15) is 39.3 Å². The number of carbonyl (C=O) groups is 5. The molecular formula is C53H83NO14. The summed E-state index contributed by atoms with van der Waals surface area (Å²) < 4.78 is 35.6. The van der Waals surface area contributed by atoms with Crippen LogP contribution in [0.1, 0.15) is 126 Å². The van der Waals surface area contributed by atoms with Gasteiger partial charge in [0.1, 0.15) is 30.1 Å². The van der Waals surface area contributed by atoms with E-state index < -0.39 is 77.8 Å². The van der Waals surface area contributed by atoms with Crippen LogP contribution in [0.2, 0.25) is 0 Å². The number of fused-ring (bicyclic) bond motifs is 3. The molecule has 384 valence electrons. The normalized spacial score (nSPS) is 37.9. The van der Waals surface area contributed by atoms with Crippen LogP contribution in [0.4, 0.5) is 0 Å². The fourth-order valence-corrected chi connectivity index (χ4v) is 10.5. The number of cyclic esters (lactones) is 1.